The fourth-order valence-electron chi connectivity index (χ4n) is 2.80. The number of halogens is 3. The Morgan fingerprint density at radius 2 is 2.13 bits per heavy atom. The second kappa shape index (κ2) is 6.31. The number of piperidine rings is 1. The number of nitrogens with one attached hydrogen (secondary N) is 1. The number of hydrogen-bond donors (Lipinski definition) is 1. The van der Waals surface area contributed by atoms with Gasteiger partial charge in [0.05, 0.1) is 12.7 Å². The summed E-state index contributed by atoms with van der Waals surface area (Å²) >= 11 is 0. The van der Waals surface area contributed by atoms with Gasteiger partial charge in [0.2, 0.25) is 11.8 Å². The van der Waals surface area contributed by atoms with Gasteiger partial charge in [0.25, 0.3) is 0 Å². The van der Waals surface area contributed by atoms with Crippen molar-refractivity contribution < 1.29 is 17.6 Å². The molecule has 9 heteroatoms. The molecular weight excluding hydrogens is 311 g/mol. The Kier molecular flexibility index (Phi) is 4.38. The number of likely N-dealkylation sites (tertiary alicyclic amines) is 1. The van der Waals surface area contributed by atoms with Crippen molar-refractivity contribution >= 4 is 0 Å². The maximum Gasteiger partial charge on any atom is 0.432 e. The van der Waals surface area contributed by atoms with Crippen molar-refractivity contribution in [2.75, 3.05) is 13.1 Å². The summed E-state index contributed by atoms with van der Waals surface area (Å²) in [5.74, 6) is 1.47. The molecule has 1 aliphatic heterocycles. The quantitative estimate of drug-likeness (QED) is 0.934. The van der Waals surface area contributed by atoms with Crippen LogP contribution in [0.15, 0.2) is 10.6 Å². The van der Waals surface area contributed by atoms with Gasteiger partial charge in [-0.2, -0.15) is 13.2 Å². The molecule has 0 aliphatic carbocycles. The molecule has 0 radical (unpaired) electrons. The number of H-pyrrole nitrogens is 1. The minimum absolute atomic E-state index is 0.0478. The van der Waals surface area contributed by atoms with Gasteiger partial charge >= 0.3 is 6.18 Å². The van der Waals surface area contributed by atoms with Gasteiger partial charge in [-0.3, -0.25) is 4.90 Å². The Hall–Kier alpha value is -1.90. The molecule has 2 aromatic heterocycles. The lowest BCUT2D eigenvalue weighted by molar-refractivity contribution is -0.141. The summed E-state index contributed by atoms with van der Waals surface area (Å²) < 4.78 is 43.5. The summed E-state index contributed by atoms with van der Waals surface area (Å²) in [5, 5.41) is 7.91. The van der Waals surface area contributed by atoms with Crippen LogP contribution in [0, 0.1) is 0 Å². The third kappa shape index (κ3) is 3.72. The van der Waals surface area contributed by atoms with Crippen molar-refractivity contribution in [3.05, 3.63) is 29.5 Å². The van der Waals surface area contributed by atoms with Crippen LogP contribution < -0.4 is 0 Å². The van der Waals surface area contributed by atoms with Crippen LogP contribution in [0.3, 0.4) is 0 Å². The van der Waals surface area contributed by atoms with Gasteiger partial charge in [0.15, 0.2) is 0 Å². The van der Waals surface area contributed by atoms with Crippen LogP contribution in [0.25, 0.3) is 0 Å². The van der Waals surface area contributed by atoms with Crippen LogP contribution in [0.4, 0.5) is 13.2 Å². The van der Waals surface area contributed by atoms with Crippen LogP contribution in [0.2, 0.25) is 0 Å². The van der Waals surface area contributed by atoms with E-state index in [0.717, 1.165) is 25.6 Å². The monoisotopic (exact) mass is 329 g/mol. The molecule has 1 saturated heterocycles. The Morgan fingerprint density at radius 3 is 2.78 bits per heavy atom. The number of aryl methyl sites for hydroxylation is 1. The van der Waals surface area contributed by atoms with Crippen LogP contribution in [-0.2, 0) is 19.1 Å². The minimum atomic E-state index is -4.39. The number of nitrogens with zero attached hydrogens (tertiary/aromatic N) is 4. The molecule has 126 valence electrons. The third-order valence-electron chi connectivity index (χ3n) is 3.96. The normalized spacial score (nSPS) is 20.1. The van der Waals surface area contributed by atoms with E-state index < -0.39 is 11.9 Å². The second-order valence-corrected chi connectivity index (χ2v) is 5.70. The van der Waals surface area contributed by atoms with Gasteiger partial charge in [-0.25, -0.2) is 4.98 Å². The highest BCUT2D eigenvalue weighted by Crippen LogP contribution is 2.31. The SMILES string of the molecule is CCc1nnc(CN2CCC[C@@H](c3ncc(C(F)(F)F)[nH]3)C2)o1. The number of aromatic nitrogens is 4. The molecule has 0 bridgehead atoms. The van der Waals surface area contributed by atoms with E-state index in [2.05, 4.69) is 25.1 Å². The number of aromatic amines is 1. The molecule has 23 heavy (non-hydrogen) atoms. The molecule has 0 saturated carbocycles. The Labute approximate surface area is 131 Å². The van der Waals surface area contributed by atoms with E-state index in [-0.39, 0.29) is 5.92 Å². The highest BCUT2D eigenvalue weighted by Gasteiger charge is 2.34. The first-order valence-electron chi connectivity index (χ1n) is 7.61. The lowest BCUT2D eigenvalue weighted by Crippen LogP contribution is -2.34. The van der Waals surface area contributed by atoms with E-state index in [1.165, 1.54) is 0 Å². The molecule has 3 heterocycles. The van der Waals surface area contributed by atoms with Crippen LogP contribution >= 0.6 is 0 Å². The van der Waals surface area contributed by atoms with E-state index in [1.807, 2.05) is 6.92 Å². The first-order valence-corrected chi connectivity index (χ1v) is 7.61. The van der Waals surface area contributed by atoms with Crippen molar-refractivity contribution in [2.24, 2.45) is 0 Å². The topological polar surface area (TPSA) is 70.8 Å². The number of rotatable bonds is 4. The van der Waals surface area contributed by atoms with E-state index in [9.17, 15) is 13.2 Å². The van der Waals surface area contributed by atoms with E-state index >= 15 is 0 Å². The molecule has 1 atom stereocenters. The first-order chi connectivity index (χ1) is 11.0. The number of imidazole rings is 1. The highest BCUT2D eigenvalue weighted by atomic mass is 19.4. The average molecular weight is 329 g/mol. The van der Waals surface area contributed by atoms with E-state index in [4.69, 9.17) is 4.42 Å². The molecule has 3 rings (SSSR count). The zero-order valence-corrected chi connectivity index (χ0v) is 12.7. The minimum Gasteiger partial charge on any atom is -0.424 e. The van der Waals surface area contributed by atoms with E-state index in [1.54, 1.807) is 0 Å². The predicted octanol–water partition coefficient (Wildman–Crippen LogP) is 2.75. The summed E-state index contributed by atoms with van der Waals surface area (Å²) in [4.78, 5) is 8.43. The third-order valence-corrected chi connectivity index (χ3v) is 3.96. The molecule has 1 N–H and O–H groups in total. The molecule has 1 fully saturated rings. The smallest absolute Gasteiger partial charge is 0.424 e. The van der Waals surface area contributed by atoms with Gasteiger partial charge in [-0.05, 0) is 19.4 Å². The predicted molar refractivity (Wildman–Crippen MR) is 74.5 cm³/mol. The lowest BCUT2D eigenvalue weighted by atomic mass is 9.97. The van der Waals surface area contributed by atoms with Gasteiger partial charge in [0, 0.05) is 18.9 Å². The zero-order valence-electron chi connectivity index (χ0n) is 12.7. The van der Waals surface area contributed by atoms with Gasteiger partial charge < -0.3 is 9.40 Å². The van der Waals surface area contributed by atoms with Gasteiger partial charge in [0.1, 0.15) is 11.5 Å². The standard InChI is InChI=1S/C14H18F3N5O/c1-2-11-20-21-12(23-11)8-22-5-3-4-9(7-22)13-18-6-10(19-13)14(15,16)17/h6,9H,2-5,7-8H2,1H3,(H,18,19)/t9-/m1/s1. The van der Waals surface area contributed by atoms with Crippen molar-refractivity contribution in [3.63, 3.8) is 0 Å². The van der Waals surface area contributed by atoms with E-state index in [0.29, 0.717) is 37.1 Å². The second-order valence-electron chi connectivity index (χ2n) is 5.70. The first kappa shape index (κ1) is 16.0. The molecule has 0 spiro atoms. The lowest BCUT2D eigenvalue weighted by Gasteiger charge is -2.30. The molecule has 6 nitrogen and oxygen atoms in total. The van der Waals surface area contributed by atoms with Crippen LogP contribution in [0.5, 0.6) is 0 Å². The van der Waals surface area contributed by atoms with Gasteiger partial charge in [-0.15, -0.1) is 10.2 Å². The Morgan fingerprint density at radius 1 is 1.35 bits per heavy atom. The summed E-state index contributed by atoms with van der Waals surface area (Å²) in [6.45, 7) is 3.92. The highest BCUT2D eigenvalue weighted by molar-refractivity contribution is 5.09. The largest absolute Gasteiger partial charge is 0.432 e. The number of hydrogen-bond acceptors (Lipinski definition) is 5. The summed E-state index contributed by atoms with van der Waals surface area (Å²) in [6, 6.07) is 0. The molecule has 1 aliphatic rings. The fraction of sp³-hybridized carbons (Fsp3) is 0.643. The molecule has 0 aromatic carbocycles. The van der Waals surface area contributed by atoms with Crippen LogP contribution in [-0.4, -0.2) is 38.2 Å². The molecule has 0 amide bonds. The van der Waals surface area contributed by atoms with Crippen LogP contribution in [0.1, 0.15) is 49.0 Å². The fourth-order valence-corrected chi connectivity index (χ4v) is 2.80. The number of alkyl halides is 3. The van der Waals surface area contributed by atoms with Crippen molar-refractivity contribution in [1.29, 1.82) is 0 Å². The average Bonchev–Trinajstić information content (AvgIpc) is 3.16. The summed E-state index contributed by atoms with van der Waals surface area (Å²) in [6.07, 6.45) is -1.14. The molecule has 2 aromatic rings. The molecule has 0 unspecified atom stereocenters. The van der Waals surface area contributed by atoms with Crippen molar-refractivity contribution in [2.45, 2.75) is 44.8 Å². The van der Waals surface area contributed by atoms with Gasteiger partial charge in [-0.1, -0.05) is 6.92 Å². The summed E-state index contributed by atoms with van der Waals surface area (Å²) in [7, 11) is 0. The summed E-state index contributed by atoms with van der Waals surface area (Å²) in [5.41, 5.74) is -0.797. The Bertz CT molecular complexity index is 651. The maximum atomic E-state index is 12.7. The van der Waals surface area contributed by atoms with Crippen molar-refractivity contribution in [3.8, 4) is 0 Å². The zero-order chi connectivity index (χ0) is 16.4. The Balaban J connectivity index is 1.64. The maximum absolute atomic E-state index is 12.7. The molecular formula is C14H18F3N5O. The van der Waals surface area contributed by atoms with Crippen molar-refractivity contribution in [1.82, 2.24) is 25.1 Å².